The van der Waals surface area contributed by atoms with E-state index in [0.717, 1.165) is 6.42 Å². The first-order chi connectivity index (χ1) is 9.06. The van der Waals surface area contributed by atoms with Gasteiger partial charge in [0.15, 0.2) is 0 Å². The molecule has 1 atom stereocenters. The average molecular weight is 270 g/mol. The maximum absolute atomic E-state index is 12.3. The number of hydrogen-bond acceptors (Lipinski definition) is 3. The van der Waals surface area contributed by atoms with Crippen LogP contribution in [0.2, 0.25) is 0 Å². The molecule has 1 aromatic rings. The number of carbonyl (C=O) groups excluding carboxylic acids is 1. The lowest BCUT2D eigenvalue weighted by Gasteiger charge is -2.17. The van der Waals surface area contributed by atoms with Crippen molar-refractivity contribution in [3.05, 3.63) is 29.8 Å². The maximum atomic E-state index is 12.3. The molecule has 0 aliphatic carbocycles. The summed E-state index contributed by atoms with van der Waals surface area (Å²) in [6.07, 6.45) is 0.830. The Morgan fingerprint density at radius 1 is 1.47 bits per heavy atom. The first-order valence-corrected chi connectivity index (χ1v) is 6.12. The van der Waals surface area contributed by atoms with Crippen LogP contribution in [0.15, 0.2) is 24.3 Å². The van der Waals surface area contributed by atoms with E-state index in [0.29, 0.717) is 18.7 Å². The summed E-state index contributed by atoms with van der Waals surface area (Å²) in [6.45, 7) is -1.74. The molecule has 2 rings (SSSR count). The number of para-hydroxylation sites is 1. The number of halogens is 2. The normalized spacial score (nSPS) is 18.9. The molecule has 1 aromatic carbocycles. The summed E-state index contributed by atoms with van der Waals surface area (Å²) in [5.74, 6) is -0.0624. The van der Waals surface area contributed by atoms with Gasteiger partial charge in [0.25, 0.3) is 0 Å². The summed E-state index contributed by atoms with van der Waals surface area (Å²) in [4.78, 5) is 13.7. The molecule has 1 aliphatic rings. The number of alkyl halides is 2. The van der Waals surface area contributed by atoms with Crippen LogP contribution in [0.3, 0.4) is 0 Å². The SMILES string of the molecule is N[C@@H]1CCN(C(=O)Cc2ccccc2OC(F)F)C1. The number of likely N-dealkylation sites (tertiary alicyclic amines) is 1. The van der Waals surface area contributed by atoms with E-state index in [9.17, 15) is 13.6 Å². The minimum atomic E-state index is -2.89. The van der Waals surface area contributed by atoms with Crippen LogP contribution in [0, 0.1) is 0 Å². The fourth-order valence-electron chi connectivity index (χ4n) is 2.15. The minimum Gasteiger partial charge on any atom is -0.435 e. The predicted octanol–water partition coefficient (Wildman–Crippen LogP) is 1.39. The fraction of sp³-hybridized carbons (Fsp3) is 0.462. The minimum absolute atomic E-state index is 0.0107. The van der Waals surface area contributed by atoms with Crippen LogP contribution in [-0.2, 0) is 11.2 Å². The average Bonchev–Trinajstić information content (AvgIpc) is 2.78. The Balaban J connectivity index is 2.04. The molecular formula is C13H16F2N2O2. The lowest BCUT2D eigenvalue weighted by molar-refractivity contribution is -0.129. The Kier molecular flexibility index (Phi) is 4.31. The topological polar surface area (TPSA) is 55.6 Å². The van der Waals surface area contributed by atoms with Gasteiger partial charge in [-0.15, -0.1) is 0 Å². The fourth-order valence-corrected chi connectivity index (χ4v) is 2.15. The predicted molar refractivity (Wildman–Crippen MR) is 66.0 cm³/mol. The highest BCUT2D eigenvalue weighted by molar-refractivity contribution is 5.79. The molecule has 0 radical (unpaired) electrons. The van der Waals surface area contributed by atoms with Crippen molar-refractivity contribution in [2.75, 3.05) is 13.1 Å². The van der Waals surface area contributed by atoms with Gasteiger partial charge in [-0.2, -0.15) is 8.78 Å². The summed E-state index contributed by atoms with van der Waals surface area (Å²) >= 11 is 0. The van der Waals surface area contributed by atoms with Crippen molar-refractivity contribution in [3.8, 4) is 5.75 Å². The van der Waals surface area contributed by atoms with Crippen LogP contribution in [0.1, 0.15) is 12.0 Å². The molecule has 1 heterocycles. The van der Waals surface area contributed by atoms with Crippen LogP contribution in [-0.4, -0.2) is 36.5 Å². The Bertz CT molecular complexity index is 454. The molecule has 1 aliphatic heterocycles. The number of benzene rings is 1. The molecule has 1 saturated heterocycles. The monoisotopic (exact) mass is 270 g/mol. The molecule has 1 fully saturated rings. The van der Waals surface area contributed by atoms with Gasteiger partial charge in [-0.3, -0.25) is 4.79 Å². The van der Waals surface area contributed by atoms with Gasteiger partial charge in [-0.05, 0) is 12.5 Å². The third-order valence-electron chi connectivity index (χ3n) is 3.11. The number of nitrogens with two attached hydrogens (primary N) is 1. The van der Waals surface area contributed by atoms with E-state index in [-0.39, 0.29) is 24.1 Å². The van der Waals surface area contributed by atoms with Crippen LogP contribution < -0.4 is 10.5 Å². The third-order valence-corrected chi connectivity index (χ3v) is 3.11. The second-order valence-corrected chi connectivity index (χ2v) is 4.55. The van der Waals surface area contributed by atoms with E-state index in [2.05, 4.69) is 4.74 Å². The summed E-state index contributed by atoms with van der Waals surface area (Å²) in [5.41, 5.74) is 6.20. The zero-order valence-corrected chi connectivity index (χ0v) is 10.4. The molecule has 2 N–H and O–H groups in total. The van der Waals surface area contributed by atoms with Gasteiger partial charge in [0.2, 0.25) is 5.91 Å². The summed E-state index contributed by atoms with van der Waals surface area (Å²) in [6, 6.07) is 6.35. The molecule has 19 heavy (non-hydrogen) atoms. The Labute approximate surface area is 110 Å². The number of rotatable bonds is 4. The van der Waals surface area contributed by atoms with Crippen LogP contribution >= 0.6 is 0 Å². The quantitative estimate of drug-likeness (QED) is 0.899. The number of carbonyl (C=O) groups is 1. The lowest BCUT2D eigenvalue weighted by atomic mass is 10.1. The van der Waals surface area contributed by atoms with Gasteiger partial charge in [0.1, 0.15) is 5.75 Å². The van der Waals surface area contributed by atoms with Crippen molar-refractivity contribution in [2.24, 2.45) is 5.73 Å². The van der Waals surface area contributed by atoms with E-state index in [1.165, 1.54) is 6.07 Å². The summed E-state index contributed by atoms with van der Waals surface area (Å²) in [7, 11) is 0. The Hall–Kier alpha value is -1.69. The van der Waals surface area contributed by atoms with E-state index in [1.807, 2.05) is 0 Å². The molecule has 4 nitrogen and oxygen atoms in total. The highest BCUT2D eigenvalue weighted by Gasteiger charge is 2.24. The highest BCUT2D eigenvalue weighted by atomic mass is 19.3. The van der Waals surface area contributed by atoms with E-state index in [4.69, 9.17) is 5.73 Å². The molecule has 0 aromatic heterocycles. The second kappa shape index (κ2) is 5.97. The number of ether oxygens (including phenoxy) is 1. The Morgan fingerprint density at radius 3 is 2.84 bits per heavy atom. The molecule has 6 heteroatoms. The molecule has 0 saturated carbocycles. The van der Waals surface area contributed by atoms with Crippen molar-refractivity contribution >= 4 is 5.91 Å². The van der Waals surface area contributed by atoms with Crippen molar-refractivity contribution < 1.29 is 18.3 Å². The van der Waals surface area contributed by atoms with E-state index in [1.54, 1.807) is 23.1 Å². The van der Waals surface area contributed by atoms with Gasteiger partial charge in [0, 0.05) is 24.7 Å². The summed E-state index contributed by atoms with van der Waals surface area (Å²) in [5, 5.41) is 0. The maximum Gasteiger partial charge on any atom is 0.387 e. The molecular weight excluding hydrogens is 254 g/mol. The first-order valence-electron chi connectivity index (χ1n) is 6.12. The molecule has 0 bridgehead atoms. The van der Waals surface area contributed by atoms with Gasteiger partial charge >= 0.3 is 6.61 Å². The van der Waals surface area contributed by atoms with Crippen molar-refractivity contribution in [2.45, 2.75) is 25.5 Å². The van der Waals surface area contributed by atoms with Crippen LogP contribution in [0.4, 0.5) is 8.78 Å². The van der Waals surface area contributed by atoms with Crippen molar-refractivity contribution in [1.82, 2.24) is 4.90 Å². The van der Waals surface area contributed by atoms with Crippen LogP contribution in [0.25, 0.3) is 0 Å². The van der Waals surface area contributed by atoms with E-state index >= 15 is 0 Å². The zero-order chi connectivity index (χ0) is 13.8. The van der Waals surface area contributed by atoms with Gasteiger partial charge < -0.3 is 15.4 Å². The highest BCUT2D eigenvalue weighted by Crippen LogP contribution is 2.22. The number of hydrogen-bond donors (Lipinski definition) is 1. The van der Waals surface area contributed by atoms with Gasteiger partial charge in [-0.25, -0.2) is 0 Å². The number of amides is 1. The zero-order valence-electron chi connectivity index (χ0n) is 10.4. The third kappa shape index (κ3) is 3.64. The molecule has 0 spiro atoms. The van der Waals surface area contributed by atoms with Gasteiger partial charge in [0.05, 0.1) is 6.42 Å². The van der Waals surface area contributed by atoms with Crippen molar-refractivity contribution in [3.63, 3.8) is 0 Å². The molecule has 104 valence electrons. The first kappa shape index (κ1) is 13.7. The molecule has 1 amide bonds. The van der Waals surface area contributed by atoms with Gasteiger partial charge in [-0.1, -0.05) is 18.2 Å². The standard InChI is InChI=1S/C13H16F2N2O2/c14-13(15)19-11-4-2-1-3-9(11)7-12(18)17-6-5-10(16)8-17/h1-4,10,13H,5-8,16H2/t10-/m1/s1. The van der Waals surface area contributed by atoms with Crippen molar-refractivity contribution in [1.29, 1.82) is 0 Å². The molecule has 0 unspecified atom stereocenters. The summed E-state index contributed by atoms with van der Waals surface area (Å²) < 4.78 is 28.9. The largest absolute Gasteiger partial charge is 0.435 e. The number of nitrogens with zero attached hydrogens (tertiary/aromatic N) is 1. The van der Waals surface area contributed by atoms with E-state index < -0.39 is 6.61 Å². The lowest BCUT2D eigenvalue weighted by Crippen LogP contribution is -2.33. The van der Waals surface area contributed by atoms with Crippen LogP contribution in [0.5, 0.6) is 5.75 Å². The Morgan fingerprint density at radius 2 is 2.21 bits per heavy atom. The second-order valence-electron chi connectivity index (χ2n) is 4.55. The smallest absolute Gasteiger partial charge is 0.387 e.